The molecule has 0 saturated carbocycles. The second kappa shape index (κ2) is 8.01. The van der Waals surface area contributed by atoms with Crippen molar-refractivity contribution < 1.29 is 23.1 Å². The van der Waals surface area contributed by atoms with Gasteiger partial charge in [0.2, 0.25) is 0 Å². The summed E-state index contributed by atoms with van der Waals surface area (Å²) in [5.74, 6) is -0.340. The zero-order chi connectivity index (χ0) is 20.1. The molecule has 28 heavy (non-hydrogen) atoms. The van der Waals surface area contributed by atoms with E-state index in [0.29, 0.717) is 17.1 Å². The Morgan fingerprint density at radius 3 is 2.32 bits per heavy atom. The summed E-state index contributed by atoms with van der Waals surface area (Å²) in [6.45, 7) is 0. The van der Waals surface area contributed by atoms with Gasteiger partial charge in [-0.2, -0.15) is 0 Å². The van der Waals surface area contributed by atoms with E-state index in [4.69, 9.17) is 4.74 Å². The van der Waals surface area contributed by atoms with E-state index in [1.807, 2.05) is 0 Å². The van der Waals surface area contributed by atoms with E-state index in [2.05, 4.69) is 10.0 Å². The van der Waals surface area contributed by atoms with Crippen LogP contribution in [0, 0.1) is 0 Å². The van der Waals surface area contributed by atoms with Crippen LogP contribution in [0.15, 0.2) is 77.7 Å². The molecule has 8 heteroatoms. The zero-order valence-electron chi connectivity index (χ0n) is 14.9. The molecular formula is C20H18N2O5S. The Kier molecular flexibility index (Phi) is 5.51. The molecule has 3 aromatic carbocycles. The molecule has 0 aliphatic carbocycles. The molecule has 144 valence electrons. The number of amides is 1. The molecule has 1 amide bonds. The summed E-state index contributed by atoms with van der Waals surface area (Å²) >= 11 is 0. The van der Waals surface area contributed by atoms with Crippen LogP contribution in [-0.2, 0) is 10.0 Å². The van der Waals surface area contributed by atoms with Crippen LogP contribution >= 0.6 is 0 Å². The Labute approximate surface area is 162 Å². The number of aromatic hydroxyl groups is 1. The molecular weight excluding hydrogens is 380 g/mol. The third-order valence-corrected chi connectivity index (χ3v) is 5.27. The molecule has 3 N–H and O–H groups in total. The molecule has 0 atom stereocenters. The number of hydrogen-bond donors (Lipinski definition) is 3. The van der Waals surface area contributed by atoms with Crippen LogP contribution in [0.2, 0.25) is 0 Å². The van der Waals surface area contributed by atoms with Crippen molar-refractivity contribution >= 4 is 27.3 Å². The number of nitrogens with one attached hydrogen (secondary N) is 2. The maximum atomic E-state index is 12.4. The van der Waals surface area contributed by atoms with Crippen LogP contribution in [0.3, 0.4) is 0 Å². The number of sulfonamides is 1. The number of carbonyl (C=O) groups excluding carboxylic acids is 1. The Morgan fingerprint density at radius 2 is 1.64 bits per heavy atom. The second-order valence-electron chi connectivity index (χ2n) is 5.84. The van der Waals surface area contributed by atoms with Crippen molar-refractivity contribution in [2.24, 2.45) is 0 Å². The van der Waals surface area contributed by atoms with E-state index in [1.165, 1.54) is 37.4 Å². The largest absolute Gasteiger partial charge is 0.507 e. The van der Waals surface area contributed by atoms with Gasteiger partial charge in [-0.25, -0.2) is 8.42 Å². The van der Waals surface area contributed by atoms with Crippen LogP contribution in [0.5, 0.6) is 11.5 Å². The van der Waals surface area contributed by atoms with Gasteiger partial charge in [0.15, 0.2) is 0 Å². The van der Waals surface area contributed by atoms with E-state index in [9.17, 15) is 18.3 Å². The molecule has 0 fully saturated rings. The summed E-state index contributed by atoms with van der Waals surface area (Å²) < 4.78 is 32.3. The molecule has 0 aromatic heterocycles. The SMILES string of the molecule is COc1ccc(C(=O)Nc2cccc(NS(=O)(=O)c3ccccc3)c2)c(O)c1. The van der Waals surface area contributed by atoms with Crippen molar-refractivity contribution in [3.05, 3.63) is 78.4 Å². The number of phenols is 1. The van der Waals surface area contributed by atoms with Crippen LogP contribution in [0.25, 0.3) is 0 Å². The second-order valence-corrected chi connectivity index (χ2v) is 7.52. The van der Waals surface area contributed by atoms with Gasteiger partial charge in [0.1, 0.15) is 11.5 Å². The predicted molar refractivity (Wildman–Crippen MR) is 106 cm³/mol. The Bertz CT molecular complexity index is 1100. The summed E-state index contributed by atoms with van der Waals surface area (Å²) in [6, 6.07) is 18.6. The normalized spacial score (nSPS) is 10.9. The van der Waals surface area contributed by atoms with Crippen molar-refractivity contribution in [3.8, 4) is 11.5 Å². The molecule has 0 radical (unpaired) electrons. The van der Waals surface area contributed by atoms with Gasteiger partial charge in [-0.1, -0.05) is 24.3 Å². The van der Waals surface area contributed by atoms with Crippen LogP contribution in [0.1, 0.15) is 10.4 Å². The van der Waals surface area contributed by atoms with Crippen molar-refractivity contribution in [3.63, 3.8) is 0 Å². The van der Waals surface area contributed by atoms with Gasteiger partial charge in [-0.15, -0.1) is 0 Å². The van der Waals surface area contributed by atoms with Gasteiger partial charge in [-0.3, -0.25) is 9.52 Å². The highest BCUT2D eigenvalue weighted by Gasteiger charge is 2.15. The molecule has 3 rings (SSSR count). The molecule has 0 saturated heterocycles. The van der Waals surface area contributed by atoms with Gasteiger partial charge in [0.25, 0.3) is 15.9 Å². The molecule has 0 bridgehead atoms. The number of hydrogen-bond acceptors (Lipinski definition) is 5. The quantitative estimate of drug-likeness (QED) is 0.590. The molecule has 3 aromatic rings. The third-order valence-electron chi connectivity index (χ3n) is 3.88. The minimum atomic E-state index is -3.74. The molecule has 0 aliphatic heterocycles. The number of anilines is 2. The number of ether oxygens (including phenoxy) is 1. The average molecular weight is 398 g/mol. The molecule has 0 unspecified atom stereocenters. The average Bonchev–Trinajstić information content (AvgIpc) is 2.68. The topological polar surface area (TPSA) is 105 Å². The van der Waals surface area contributed by atoms with E-state index in [1.54, 1.807) is 42.5 Å². The Morgan fingerprint density at radius 1 is 0.929 bits per heavy atom. The summed E-state index contributed by atoms with van der Waals surface area (Å²) in [7, 11) is -2.29. The zero-order valence-corrected chi connectivity index (χ0v) is 15.7. The van der Waals surface area contributed by atoms with Crippen molar-refractivity contribution in [2.45, 2.75) is 4.90 Å². The van der Waals surface area contributed by atoms with Crippen molar-refractivity contribution in [1.29, 1.82) is 0 Å². The van der Waals surface area contributed by atoms with E-state index < -0.39 is 15.9 Å². The minimum Gasteiger partial charge on any atom is -0.507 e. The van der Waals surface area contributed by atoms with Crippen LogP contribution in [-0.4, -0.2) is 26.5 Å². The van der Waals surface area contributed by atoms with Crippen LogP contribution in [0.4, 0.5) is 11.4 Å². The van der Waals surface area contributed by atoms with Gasteiger partial charge in [0.05, 0.1) is 23.3 Å². The first kappa shape index (κ1) is 19.2. The lowest BCUT2D eigenvalue weighted by Crippen LogP contribution is -2.14. The number of methoxy groups -OCH3 is 1. The lowest BCUT2D eigenvalue weighted by molar-refractivity contribution is 0.102. The smallest absolute Gasteiger partial charge is 0.261 e. The number of rotatable bonds is 6. The van der Waals surface area contributed by atoms with E-state index in [0.717, 1.165) is 0 Å². The maximum Gasteiger partial charge on any atom is 0.261 e. The fraction of sp³-hybridized carbons (Fsp3) is 0.0500. The van der Waals surface area contributed by atoms with Crippen molar-refractivity contribution in [1.82, 2.24) is 0 Å². The molecule has 0 heterocycles. The Balaban J connectivity index is 1.77. The summed E-state index contributed by atoms with van der Waals surface area (Å²) in [6.07, 6.45) is 0. The number of phenolic OH excluding ortho intramolecular Hbond substituents is 1. The lowest BCUT2D eigenvalue weighted by Gasteiger charge is -2.11. The highest BCUT2D eigenvalue weighted by Crippen LogP contribution is 2.25. The van der Waals surface area contributed by atoms with Gasteiger partial charge in [0, 0.05) is 11.8 Å². The molecule has 0 aliphatic rings. The van der Waals surface area contributed by atoms with Gasteiger partial charge >= 0.3 is 0 Å². The first-order valence-electron chi connectivity index (χ1n) is 8.25. The maximum absolute atomic E-state index is 12.4. The molecule has 0 spiro atoms. The summed E-state index contributed by atoms with van der Waals surface area (Å²) in [5, 5.41) is 12.6. The fourth-order valence-corrected chi connectivity index (χ4v) is 3.57. The first-order valence-corrected chi connectivity index (χ1v) is 9.73. The number of benzene rings is 3. The third kappa shape index (κ3) is 4.41. The summed E-state index contributed by atoms with van der Waals surface area (Å²) in [4.78, 5) is 12.5. The minimum absolute atomic E-state index is 0.0658. The highest BCUT2D eigenvalue weighted by molar-refractivity contribution is 7.92. The lowest BCUT2D eigenvalue weighted by atomic mass is 10.1. The highest BCUT2D eigenvalue weighted by atomic mass is 32.2. The van der Waals surface area contributed by atoms with Gasteiger partial charge in [-0.05, 0) is 42.5 Å². The summed E-state index contributed by atoms with van der Waals surface area (Å²) in [5.41, 5.74) is 0.727. The first-order chi connectivity index (χ1) is 13.4. The number of carbonyl (C=O) groups is 1. The van der Waals surface area contributed by atoms with Crippen molar-refractivity contribution in [2.75, 3.05) is 17.1 Å². The predicted octanol–water partition coefficient (Wildman–Crippen LogP) is 3.45. The van der Waals surface area contributed by atoms with Gasteiger partial charge < -0.3 is 15.2 Å². The standard InChI is InChI=1S/C20H18N2O5S/c1-27-16-10-11-18(19(23)13-16)20(24)21-14-6-5-7-15(12-14)22-28(25,26)17-8-3-2-4-9-17/h2-13,22-23H,1H3,(H,21,24). The fourth-order valence-electron chi connectivity index (χ4n) is 2.50. The molecule has 7 nitrogen and oxygen atoms in total. The monoisotopic (exact) mass is 398 g/mol. The Hall–Kier alpha value is -3.52. The van der Waals surface area contributed by atoms with E-state index in [-0.39, 0.29) is 16.2 Å². The van der Waals surface area contributed by atoms with E-state index >= 15 is 0 Å². The van der Waals surface area contributed by atoms with Crippen LogP contribution < -0.4 is 14.8 Å².